The highest BCUT2D eigenvalue weighted by Crippen LogP contribution is 2.26. The number of thioether (sulfide) groups is 1. The van der Waals surface area contributed by atoms with Gasteiger partial charge in [-0.2, -0.15) is 0 Å². The molecule has 112 valence electrons. The van der Waals surface area contributed by atoms with Crippen molar-refractivity contribution in [2.75, 3.05) is 17.6 Å². The summed E-state index contributed by atoms with van der Waals surface area (Å²) in [6, 6.07) is 16.7. The Kier molecular flexibility index (Phi) is 5.60. The number of anilines is 1. The molecule has 0 heterocycles. The van der Waals surface area contributed by atoms with Gasteiger partial charge in [-0.3, -0.25) is 0 Å². The van der Waals surface area contributed by atoms with Gasteiger partial charge in [0.05, 0.1) is 10.7 Å². The van der Waals surface area contributed by atoms with Crippen LogP contribution in [0.2, 0.25) is 5.02 Å². The van der Waals surface area contributed by atoms with E-state index < -0.39 is 0 Å². The van der Waals surface area contributed by atoms with Crippen LogP contribution in [0.5, 0.6) is 0 Å². The quantitative estimate of drug-likeness (QED) is 0.548. The van der Waals surface area contributed by atoms with Crippen LogP contribution in [0, 0.1) is 0 Å². The molecule has 1 N–H and O–H groups in total. The van der Waals surface area contributed by atoms with Crippen molar-refractivity contribution in [2.24, 2.45) is 0 Å². The van der Waals surface area contributed by atoms with Gasteiger partial charge in [0.25, 0.3) is 0 Å². The van der Waals surface area contributed by atoms with E-state index in [-0.39, 0.29) is 5.41 Å². The number of benzene rings is 2. The fourth-order valence-corrected chi connectivity index (χ4v) is 2.98. The fourth-order valence-electron chi connectivity index (χ4n) is 2.01. The molecule has 21 heavy (non-hydrogen) atoms. The van der Waals surface area contributed by atoms with Crippen molar-refractivity contribution < 1.29 is 0 Å². The molecule has 0 spiro atoms. The van der Waals surface area contributed by atoms with Crippen molar-refractivity contribution in [3.63, 3.8) is 0 Å². The minimum absolute atomic E-state index is 0.217. The van der Waals surface area contributed by atoms with Crippen LogP contribution in [0.25, 0.3) is 0 Å². The van der Waals surface area contributed by atoms with Gasteiger partial charge in [-0.25, -0.2) is 0 Å². The van der Waals surface area contributed by atoms with Crippen LogP contribution in [0.4, 0.5) is 5.69 Å². The minimum Gasteiger partial charge on any atom is -0.383 e. The molecule has 0 bridgehead atoms. The summed E-state index contributed by atoms with van der Waals surface area (Å²) in [4.78, 5) is 1.31. The van der Waals surface area contributed by atoms with Gasteiger partial charge in [0.2, 0.25) is 0 Å². The SMILES string of the molecule is CC(C)(C)c1ccc(SCCNc2ccccc2Cl)cc1. The first-order valence-electron chi connectivity index (χ1n) is 7.18. The van der Waals surface area contributed by atoms with Crippen molar-refractivity contribution in [3.05, 3.63) is 59.1 Å². The first-order valence-corrected chi connectivity index (χ1v) is 8.55. The maximum Gasteiger partial charge on any atom is 0.0637 e. The molecule has 0 amide bonds. The lowest BCUT2D eigenvalue weighted by Crippen LogP contribution is -2.10. The zero-order chi connectivity index (χ0) is 15.3. The average Bonchev–Trinajstić information content (AvgIpc) is 2.45. The number of hydrogen-bond donors (Lipinski definition) is 1. The molecule has 2 aromatic carbocycles. The molecule has 0 saturated carbocycles. The van der Waals surface area contributed by atoms with Gasteiger partial charge in [0, 0.05) is 17.2 Å². The second kappa shape index (κ2) is 7.24. The molecule has 1 nitrogen and oxygen atoms in total. The Morgan fingerprint density at radius 2 is 1.67 bits per heavy atom. The molecular weight excluding hydrogens is 298 g/mol. The predicted octanol–water partition coefficient (Wildman–Crippen LogP) is 5.84. The van der Waals surface area contributed by atoms with Gasteiger partial charge in [-0.15, -0.1) is 11.8 Å². The maximum atomic E-state index is 6.11. The van der Waals surface area contributed by atoms with Crippen LogP contribution >= 0.6 is 23.4 Å². The summed E-state index contributed by atoms with van der Waals surface area (Å²) in [6.07, 6.45) is 0. The van der Waals surface area contributed by atoms with Gasteiger partial charge < -0.3 is 5.32 Å². The van der Waals surface area contributed by atoms with Crippen molar-refractivity contribution in [1.82, 2.24) is 0 Å². The van der Waals surface area contributed by atoms with Crippen LogP contribution < -0.4 is 5.32 Å². The highest BCUT2D eigenvalue weighted by Gasteiger charge is 2.12. The third-order valence-corrected chi connectivity index (χ3v) is 4.62. The van der Waals surface area contributed by atoms with Gasteiger partial charge in [0.1, 0.15) is 0 Å². The highest BCUT2D eigenvalue weighted by molar-refractivity contribution is 7.99. The Morgan fingerprint density at radius 1 is 1.00 bits per heavy atom. The Bertz CT molecular complexity index is 573. The molecule has 2 aromatic rings. The topological polar surface area (TPSA) is 12.0 Å². The van der Waals surface area contributed by atoms with E-state index in [1.165, 1.54) is 10.5 Å². The van der Waals surface area contributed by atoms with Crippen LogP contribution in [-0.4, -0.2) is 12.3 Å². The summed E-state index contributed by atoms with van der Waals surface area (Å²) in [5, 5.41) is 4.14. The Balaban J connectivity index is 1.80. The Labute approximate surface area is 137 Å². The van der Waals surface area contributed by atoms with Crippen molar-refractivity contribution in [1.29, 1.82) is 0 Å². The molecule has 3 heteroatoms. The number of nitrogens with one attached hydrogen (secondary N) is 1. The normalized spacial score (nSPS) is 11.4. The zero-order valence-electron chi connectivity index (χ0n) is 12.8. The maximum absolute atomic E-state index is 6.11. The minimum atomic E-state index is 0.217. The lowest BCUT2D eigenvalue weighted by atomic mass is 9.87. The lowest BCUT2D eigenvalue weighted by molar-refractivity contribution is 0.590. The van der Waals surface area contributed by atoms with Crippen molar-refractivity contribution >= 4 is 29.1 Å². The van der Waals surface area contributed by atoms with E-state index in [4.69, 9.17) is 11.6 Å². The van der Waals surface area contributed by atoms with Crippen molar-refractivity contribution in [2.45, 2.75) is 31.1 Å². The molecule has 2 rings (SSSR count). The highest BCUT2D eigenvalue weighted by atomic mass is 35.5. The van der Waals surface area contributed by atoms with Gasteiger partial charge >= 0.3 is 0 Å². The van der Waals surface area contributed by atoms with Gasteiger partial charge in [-0.05, 0) is 35.2 Å². The number of hydrogen-bond acceptors (Lipinski definition) is 2. The Hall–Kier alpha value is -1.12. The third-order valence-electron chi connectivity index (χ3n) is 3.28. The van der Waals surface area contributed by atoms with Crippen molar-refractivity contribution in [3.8, 4) is 0 Å². The standard InChI is InChI=1S/C18H22ClNS/c1-18(2,3)14-8-10-15(11-9-14)21-13-12-20-17-7-5-4-6-16(17)19/h4-11,20H,12-13H2,1-3H3. The summed E-state index contributed by atoms with van der Waals surface area (Å²) in [5.74, 6) is 1.01. The first-order chi connectivity index (χ1) is 9.97. The first kappa shape index (κ1) is 16.3. The van der Waals surface area contributed by atoms with E-state index in [1.54, 1.807) is 0 Å². The zero-order valence-corrected chi connectivity index (χ0v) is 14.4. The Morgan fingerprint density at radius 3 is 2.29 bits per heavy atom. The molecule has 0 fully saturated rings. The van der Waals surface area contributed by atoms with Crippen LogP contribution in [0.3, 0.4) is 0 Å². The number of rotatable bonds is 5. The van der Waals surface area contributed by atoms with E-state index in [0.29, 0.717) is 0 Å². The molecule has 0 aliphatic carbocycles. The van der Waals surface area contributed by atoms with E-state index in [1.807, 2.05) is 36.0 Å². The molecule has 0 unspecified atom stereocenters. The summed E-state index contributed by atoms with van der Waals surface area (Å²) < 4.78 is 0. The van der Waals surface area contributed by atoms with E-state index in [2.05, 4.69) is 50.4 Å². The number of para-hydroxylation sites is 1. The lowest BCUT2D eigenvalue weighted by Gasteiger charge is -2.19. The predicted molar refractivity (Wildman–Crippen MR) is 95.8 cm³/mol. The molecule has 0 aliphatic heterocycles. The van der Waals surface area contributed by atoms with Gasteiger partial charge in [-0.1, -0.05) is 56.6 Å². The van der Waals surface area contributed by atoms with Crippen LogP contribution in [-0.2, 0) is 5.41 Å². The van der Waals surface area contributed by atoms with Crippen LogP contribution in [0.1, 0.15) is 26.3 Å². The van der Waals surface area contributed by atoms with Crippen LogP contribution in [0.15, 0.2) is 53.4 Å². The molecule has 0 radical (unpaired) electrons. The molecule has 0 saturated heterocycles. The summed E-state index contributed by atoms with van der Waals surface area (Å²) >= 11 is 7.97. The van der Waals surface area contributed by atoms with Gasteiger partial charge in [0.15, 0.2) is 0 Å². The molecule has 0 aromatic heterocycles. The van der Waals surface area contributed by atoms with E-state index in [9.17, 15) is 0 Å². The summed E-state index contributed by atoms with van der Waals surface area (Å²) in [7, 11) is 0. The number of halogens is 1. The monoisotopic (exact) mass is 319 g/mol. The van der Waals surface area contributed by atoms with E-state index >= 15 is 0 Å². The third kappa shape index (κ3) is 4.98. The summed E-state index contributed by atoms with van der Waals surface area (Å²) in [5.41, 5.74) is 2.60. The smallest absolute Gasteiger partial charge is 0.0637 e. The second-order valence-electron chi connectivity index (χ2n) is 6.03. The fraction of sp³-hybridized carbons (Fsp3) is 0.333. The molecule has 0 atom stereocenters. The summed E-state index contributed by atoms with van der Waals surface area (Å²) in [6.45, 7) is 7.61. The molecular formula is C18H22ClNS. The molecule has 0 aliphatic rings. The second-order valence-corrected chi connectivity index (χ2v) is 7.60. The largest absolute Gasteiger partial charge is 0.383 e. The van der Waals surface area contributed by atoms with E-state index in [0.717, 1.165) is 23.0 Å². The average molecular weight is 320 g/mol.